The number of hydrogen-bond donors (Lipinski definition) is 3. The highest BCUT2D eigenvalue weighted by Crippen LogP contribution is 2.35. The quantitative estimate of drug-likeness (QED) is 0.678. The van der Waals surface area contributed by atoms with Crippen molar-refractivity contribution < 1.29 is 5.11 Å². The molecule has 0 radical (unpaired) electrons. The number of aliphatic hydroxyl groups excluding tert-OH is 1. The summed E-state index contributed by atoms with van der Waals surface area (Å²) in [6, 6.07) is 7.89. The van der Waals surface area contributed by atoms with Crippen molar-refractivity contribution in [2.45, 2.75) is 12.8 Å². The van der Waals surface area contributed by atoms with Crippen LogP contribution in [0.15, 0.2) is 24.3 Å². The standard InChI is InChI=1S/C14H15N5OS/c15-12-11(9(5-3-7-20)18-14(16)19-12)13-17-8-4-1-2-6-10(8)21-13/h1-2,4,6,20H,3,5,7H2,(H4,15,16,18,19). The van der Waals surface area contributed by atoms with Crippen molar-refractivity contribution in [2.75, 3.05) is 18.1 Å². The van der Waals surface area contributed by atoms with Gasteiger partial charge in [0.2, 0.25) is 5.95 Å². The zero-order valence-electron chi connectivity index (χ0n) is 11.3. The molecule has 6 nitrogen and oxygen atoms in total. The number of aryl methyl sites for hydroxylation is 1. The van der Waals surface area contributed by atoms with E-state index >= 15 is 0 Å². The van der Waals surface area contributed by atoms with Crippen molar-refractivity contribution in [3.63, 3.8) is 0 Å². The van der Waals surface area contributed by atoms with Crippen LogP contribution in [0.2, 0.25) is 0 Å². The van der Waals surface area contributed by atoms with Gasteiger partial charge in [-0.05, 0) is 25.0 Å². The number of aliphatic hydroxyl groups is 1. The Morgan fingerprint density at radius 2 is 1.90 bits per heavy atom. The lowest BCUT2D eigenvalue weighted by Gasteiger charge is -2.09. The largest absolute Gasteiger partial charge is 0.396 e. The predicted molar refractivity (Wildman–Crippen MR) is 84.9 cm³/mol. The van der Waals surface area contributed by atoms with Gasteiger partial charge in [0.15, 0.2) is 0 Å². The van der Waals surface area contributed by atoms with Crippen molar-refractivity contribution in [1.29, 1.82) is 0 Å². The summed E-state index contributed by atoms with van der Waals surface area (Å²) in [5.41, 5.74) is 14.1. The first-order valence-corrected chi connectivity index (χ1v) is 7.39. The molecule has 2 heterocycles. The predicted octanol–water partition coefficient (Wildman–Crippen LogP) is 1.84. The van der Waals surface area contributed by atoms with E-state index in [1.54, 1.807) is 11.3 Å². The summed E-state index contributed by atoms with van der Waals surface area (Å²) in [5, 5.41) is 9.80. The fraction of sp³-hybridized carbons (Fsp3) is 0.214. The van der Waals surface area contributed by atoms with Crippen molar-refractivity contribution in [2.24, 2.45) is 0 Å². The second-order valence-corrected chi connectivity index (χ2v) is 5.63. The average molecular weight is 301 g/mol. The van der Waals surface area contributed by atoms with E-state index in [2.05, 4.69) is 15.0 Å². The Labute approximate surface area is 125 Å². The maximum atomic E-state index is 9.02. The summed E-state index contributed by atoms with van der Waals surface area (Å²) in [4.78, 5) is 12.9. The van der Waals surface area contributed by atoms with E-state index in [4.69, 9.17) is 16.6 Å². The van der Waals surface area contributed by atoms with Crippen LogP contribution in [0.3, 0.4) is 0 Å². The molecule has 0 bridgehead atoms. The smallest absolute Gasteiger partial charge is 0.222 e. The first-order chi connectivity index (χ1) is 10.2. The van der Waals surface area contributed by atoms with E-state index < -0.39 is 0 Å². The molecule has 0 amide bonds. The molecule has 0 saturated carbocycles. The van der Waals surface area contributed by atoms with Crippen molar-refractivity contribution >= 4 is 33.3 Å². The first-order valence-electron chi connectivity index (χ1n) is 6.57. The number of nitrogens with two attached hydrogens (primary N) is 2. The Hall–Kier alpha value is -2.25. The van der Waals surface area contributed by atoms with E-state index in [-0.39, 0.29) is 12.6 Å². The van der Waals surface area contributed by atoms with E-state index in [1.165, 1.54) is 0 Å². The van der Waals surface area contributed by atoms with E-state index in [1.807, 2.05) is 24.3 Å². The Kier molecular flexibility index (Phi) is 3.68. The molecule has 1 aromatic carbocycles. The number of rotatable bonds is 4. The van der Waals surface area contributed by atoms with Gasteiger partial charge in [0, 0.05) is 6.61 Å². The molecule has 0 saturated heterocycles. The summed E-state index contributed by atoms with van der Waals surface area (Å²) in [6.07, 6.45) is 1.17. The molecular weight excluding hydrogens is 286 g/mol. The normalized spacial score (nSPS) is 11.1. The summed E-state index contributed by atoms with van der Waals surface area (Å²) >= 11 is 1.54. The monoisotopic (exact) mass is 301 g/mol. The minimum Gasteiger partial charge on any atom is -0.396 e. The van der Waals surface area contributed by atoms with Crippen LogP contribution >= 0.6 is 11.3 Å². The van der Waals surface area contributed by atoms with Gasteiger partial charge in [0.05, 0.1) is 21.5 Å². The molecule has 0 fully saturated rings. The van der Waals surface area contributed by atoms with Crippen molar-refractivity contribution in [1.82, 2.24) is 15.0 Å². The molecule has 0 aliphatic heterocycles. The Morgan fingerprint density at radius 3 is 2.67 bits per heavy atom. The lowest BCUT2D eigenvalue weighted by molar-refractivity contribution is 0.288. The van der Waals surface area contributed by atoms with Gasteiger partial charge in [-0.3, -0.25) is 0 Å². The maximum absolute atomic E-state index is 9.02. The molecule has 7 heteroatoms. The SMILES string of the molecule is Nc1nc(N)c(-c2nc3ccccc3s2)c(CCCO)n1. The summed E-state index contributed by atoms with van der Waals surface area (Å²) in [6.45, 7) is 0.0864. The Morgan fingerprint density at radius 1 is 1.10 bits per heavy atom. The van der Waals surface area contributed by atoms with Gasteiger partial charge in [0.25, 0.3) is 0 Å². The number of fused-ring (bicyclic) bond motifs is 1. The molecule has 0 unspecified atom stereocenters. The van der Waals surface area contributed by atoms with Gasteiger partial charge in [-0.1, -0.05) is 12.1 Å². The first kappa shape index (κ1) is 13.7. The molecular formula is C14H15N5OS. The van der Waals surface area contributed by atoms with Gasteiger partial charge in [0.1, 0.15) is 10.8 Å². The number of benzene rings is 1. The zero-order valence-corrected chi connectivity index (χ0v) is 12.1. The minimum atomic E-state index is 0.0864. The molecule has 108 valence electrons. The number of thiazole rings is 1. The molecule has 21 heavy (non-hydrogen) atoms. The molecule has 0 atom stereocenters. The zero-order chi connectivity index (χ0) is 14.8. The van der Waals surface area contributed by atoms with E-state index in [0.717, 1.165) is 26.5 Å². The number of para-hydroxylation sites is 1. The maximum Gasteiger partial charge on any atom is 0.222 e. The highest BCUT2D eigenvalue weighted by molar-refractivity contribution is 7.21. The van der Waals surface area contributed by atoms with Gasteiger partial charge in [-0.2, -0.15) is 4.98 Å². The van der Waals surface area contributed by atoms with Crippen LogP contribution in [0.4, 0.5) is 11.8 Å². The fourth-order valence-electron chi connectivity index (χ4n) is 2.19. The second-order valence-electron chi connectivity index (χ2n) is 4.60. The molecule has 0 aliphatic rings. The third-order valence-corrected chi connectivity index (χ3v) is 4.16. The summed E-state index contributed by atoms with van der Waals surface area (Å²) < 4.78 is 1.08. The molecule has 2 aromatic heterocycles. The summed E-state index contributed by atoms with van der Waals surface area (Å²) in [7, 11) is 0. The topological polar surface area (TPSA) is 111 Å². The number of nitrogen functional groups attached to an aromatic ring is 2. The van der Waals surface area contributed by atoms with Gasteiger partial charge in [-0.25, -0.2) is 9.97 Å². The molecule has 3 aromatic rings. The third-order valence-electron chi connectivity index (χ3n) is 3.11. The van der Waals surface area contributed by atoms with E-state index in [0.29, 0.717) is 18.7 Å². The average Bonchev–Trinajstić information content (AvgIpc) is 2.87. The lowest BCUT2D eigenvalue weighted by Crippen LogP contribution is -2.07. The summed E-state index contributed by atoms with van der Waals surface area (Å²) in [5.74, 6) is 0.472. The number of hydrogen-bond acceptors (Lipinski definition) is 7. The Bertz CT molecular complexity index is 753. The second kappa shape index (κ2) is 5.63. The lowest BCUT2D eigenvalue weighted by atomic mass is 10.1. The van der Waals surface area contributed by atoms with Crippen molar-refractivity contribution in [3.8, 4) is 10.6 Å². The molecule has 3 rings (SSSR count). The number of anilines is 2. The van der Waals surface area contributed by atoms with E-state index in [9.17, 15) is 0 Å². The Balaban J connectivity index is 2.15. The van der Waals surface area contributed by atoms with Gasteiger partial charge < -0.3 is 16.6 Å². The minimum absolute atomic E-state index is 0.0864. The van der Waals surface area contributed by atoms with Crippen LogP contribution in [0.1, 0.15) is 12.1 Å². The molecule has 0 aliphatic carbocycles. The highest BCUT2D eigenvalue weighted by Gasteiger charge is 2.17. The molecule has 0 spiro atoms. The fourth-order valence-corrected chi connectivity index (χ4v) is 3.23. The van der Waals surface area contributed by atoms with Crippen LogP contribution in [-0.4, -0.2) is 26.7 Å². The van der Waals surface area contributed by atoms with Crippen LogP contribution in [0.25, 0.3) is 20.8 Å². The van der Waals surface area contributed by atoms with Gasteiger partial charge >= 0.3 is 0 Å². The third kappa shape index (κ3) is 2.65. The number of nitrogens with zero attached hydrogens (tertiary/aromatic N) is 3. The number of aromatic nitrogens is 3. The molecule has 5 N–H and O–H groups in total. The van der Waals surface area contributed by atoms with Crippen LogP contribution in [0, 0.1) is 0 Å². The van der Waals surface area contributed by atoms with Crippen molar-refractivity contribution in [3.05, 3.63) is 30.0 Å². The van der Waals surface area contributed by atoms with Gasteiger partial charge in [-0.15, -0.1) is 11.3 Å². The highest BCUT2D eigenvalue weighted by atomic mass is 32.1. The van der Waals surface area contributed by atoms with Crippen LogP contribution in [0.5, 0.6) is 0 Å². The van der Waals surface area contributed by atoms with Crippen LogP contribution < -0.4 is 11.5 Å². The van der Waals surface area contributed by atoms with Crippen LogP contribution in [-0.2, 0) is 6.42 Å².